The van der Waals surface area contributed by atoms with E-state index in [4.69, 9.17) is 9.47 Å². The van der Waals surface area contributed by atoms with Crippen LogP contribution in [-0.2, 0) is 13.2 Å². The van der Waals surface area contributed by atoms with Crippen molar-refractivity contribution < 1.29 is 13.9 Å². The maximum absolute atomic E-state index is 13.8. The van der Waals surface area contributed by atoms with Crippen molar-refractivity contribution in [1.29, 1.82) is 0 Å². The van der Waals surface area contributed by atoms with Crippen LogP contribution < -0.4 is 14.9 Å². The number of para-hydroxylation sites is 1. The molecule has 1 aromatic heterocycles. The van der Waals surface area contributed by atoms with Crippen LogP contribution in [0.4, 0.5) is 4.39 Å². The summed E-state index contributed by atoms with van der Waals surface area (Å²) in [6, 6.07) is 12.2. The molecule has 7 heteroatoms. The molecule has 0 atom stereocenters. The third-order valence-corrected chi connectivity index (χ3v) is 3.56. The molecule has 0 aliphatic rings. The third kappa shape index (κ3) is 4.26. The van der Waals surface area contributed by atoms with Gasteiger partial charge >= 0.3 is 0 Å². The molecule has 2 aromatic carbocycles. The van der Waals surface area contributed by atoms with Crippen LogP contribution in [0, 0.1) is 5.82 Å². The largest absolute Gasteiger partial charge is 0.490 e. The lowest BCUT2D eigenvalue weighted by Crippen LogP contribution is -2.13. The van der Waals surface area contributed by atoms with Crippen LogP contribution in [0.1, 0.15) is 18.1 Å². The molecule has 0 bridgehead atoms. The summed E-state index contributed by atoms with van der Waals surface area (Å²) in [7, 11) is 0. The van der Waals surface area contributed by atoms with Crippen molar-refractivity contribution in [3.05, 3.63) is 72.1 Å². The van der Waals surface area contributed by atoms with Gasteiger partial charge in [0.15, 0.2) is 11.5 Å². The van der Waals surface area contributed by atoms with Gasteiger partial charge in [-0.25, -0.2) is 9.07 Å². The van der Waals surface area contributed by atoms with Crippen molar-refractivity contribution in [2.75, 3.05) is 12.0 Å². The zero-order valence-corrected chi connectivity index (χ0v) is 13.9. The summed E-state index contributed by atoms with van der Waals surface area (Å²) in [5.41, 5.74) is 4.52. The van der Waals surface area contributed by atoms with E-state index >= 15 is 0 Å². The van der Waals surface area contributed by atoms with E-state index in [1.807, 2.05) is 25.1 Å². The number of hydrogen-bond donors (Lipinski definition) is 1. The van der Waals surface area contributed by atoms with Crippen LogP contribution in [0.15, 0.2) is 55.1 Å². The quantitative estimate of drug-likeness (QED) is 0.681. The Bertz CT molecular complexity index is 809. The number of ether oxygens (including phenoxy) is 2. The Morgan fingerprint density at radius 3 is 2.52 bits per heavy atom. The van der Waals surface area contributed by atoms with Gasteiger partial charge in [-0.3, -0.25) is 0 Å². The summed E-state index contributed by atoms with van der Waals surface area (Å²) in [6.45, 7) is 3.02. The molecule has 0 unspecified atom stereocenters. The highest BCUT2D eigenvalue weighted by Gasteiger charge is 2.12. The molecule has 0 saturated carbocycles. The van der Waals surface area contributed by atoms with E-state index in [2.05, 4.69) is 15.6 Å². The first kappa shape index (κ1) is 16.8. The first-order valence-electron chi connectivity index (χ1n) is 7.97. The third-order valence-electron chi connectivity index (χ3n) is 3.56. The minimum Gasteiger partial charge on any atom is -0.490 e. The van der Waals surface area contributed by atoms with E-state index in [1.165, 1.54) is 6.07 Å². The van der Waals surface area contributed by atoms with Crippen LogP contribution in [0.2, 0.25) is 0 Å². The SMILES string of the molecule is CCOc1cccc(CNn2cnnc2)c1OCc1ccccc1F. The van der Waals surface area contributed by atoms with Gasteiger partial charge in [-0.1, -0.05) is 30.3 Å². The zero-order chi connectivity index (χ0) is 17.5. The fraction of sp³-hybridized carbons (Fsp3) is 0.222. The lowest BCUT2D eigenvalue weighted by atomic mass is 10.1. The molecular weight excluding hydrogens is 323 g/mol. The molecule has 0 aliphatic heterocycles. The Morgan fingerprint density at radius 1 is 1.00 bits per heavy atom. The molecule has 1 N–H and O–H groups in total. The van der Waals surface area contributed by atoms with E-state index in [9.17, 15) is 4.39 Å². The van der Waals surface area contributed by atoms with Gasteiger partial charge in [-0.05, 0) is 19.1 Å². The number of aromatic nitrogens is 3. The summed E-state index contributed by atoms with van der Waals surface area (Å²) in [4.78, 5) is 0. The van der Waals surface area contributed by atoms with Crippen molar-refractivity contribution in [2.45, 2.75) is 20.1 Å². The van der Waals surface area contributed by atoms with Gasteiger partial charge in [-0.2, -0.15) is 0 Å². The topological polar surface area (TPSA) is 61.2 Å². The second-order valence-electron chi connectivity index (χ2n) is 5.26. The first-order chi connectivity index (χ1) is 12.3. The van der Waals surface area contributed by atoms with Gasteiger partial charge in [0.2, 0.25) is 0 Å². The maximum Gasteiger partial charge on any atom is 0.166 e. The molecule has 0 fully saturated rings. The molecule has 0 aliphatic carbocycles. The molecule has 0 amide bonds. The smallest absolute Gasteiger partial charge is 0.166 e. The minimum atomic E-state index is -0.291. The second kappa shape index (κ2) is 8.14. The van der Waals surface area contributed by atoms with Crippen molar-refractivity contribution in [2.24, 2.45) is 0 Å². The van der Waals surface area contributed by atoms with E-state index in [-0.39, 0.29) is 12.4 Å². The summed E-state index contributed by atoms with van der Waals surface area (Å²) in [5, 5.41) is 7.48. The first-order valence-corrected chi connectivity index (χ1v) is 7.97. The lowest BCUT2D eigenvalue weighted by Gasteiger charge is -2.17. The van der Waals surface area contributed by atoms with E-state index < -0.39 is 0 Å². The predicted molar refractivity (Wildman–Crippen MR) is 91.4 cm³/mol. The van der Waals surface area contributed by atoms with Crippen LogP contribution >= 0.6 is 0 Å². The molecule has 0 spiro atoms. The van der Waals surface area contributed by atoms with Gasteiger partial charge < -0.3 is 14.9 Å². The molecule has 0 saturated heterocycles. The minimum absolute atomic E-state index is 0.121. The van der Waals surface area contributed by atoms with Crippen molar-refractivity contribution in [3.8, 4) is 11.5 Å². The molecule has 0 radical (unpaired) electrons. The zero-order valence-electron chi connectivity index (χ0n) is 13.9. The number of nitrogens with zero attached hydrogens (tertiary/aromatic N) is 3. The number of hydrogen-bond acceptors (Lipinski definition) is 5. The average molecular weight is 342 g/mol. The molecule has 25 heavy (non-hydrogen) atoms. The predicted octanol–water partition coefficient (Wildman–Crippen LogP) is 3.14. The van der Waals surface area contributed by atoms with Gasteiger partial charge in [0.1, 0.15) is 25.1 Å². The van der Waals surface area contributed by atoms with Crippen molar-refractivity contribution in [1.82, 2.24) is 14.9 Å². The molecule has 6 nitrogen and oxygen atoms in total. The maximum atomic E-state index is 13.8. The van der Waals surface area contributed by atoms with Crippen LogP contribution in [0.25, 0.3) is 0 Å². The number of halogens is 1. The van der Waals surface area contributed by atoms with Gasteiger partial charge in [0.25, 0.3) is 0 Å². The highest BCUT2D eigenvalue weighted by molar-refractivity contribution is 5.47. The molecule has 130 valence electrons. The van der Waals surface area contributed by atoms with Crippen molar-refractivity contribution in [3.63, 3.8) is 0 Å². The van der Waals surface area contributed by atoms with Gasteiger partial charge in [-0.15, -0.1) is 10.2 Å². The second-order valence-corrected chi connectivity index (χ2v) is 5.26. The summed E-state index contributed by atoms with van der Waals surface area (Å²) >= 11 is 0. The Kier molecular flexibility index (Phi) is 5.46. The van der Waals surface area contributed by atoms with E-state index in [0.717, 1.165) is 5.56 Å². The van der Waals surface area contributed by atoms with E-state index in [1.54, 1.807) is 35.5 Å². The number of rotatable bonds is 8. The highest BCUT2D eigenvalue weighted by atomic mass is 19.1. The van der Waals surface area contributed by atoms with Crippen LogP contribution in [-0.4, -0.2) is 21.5 Å². The Hall–Kier alpha value is -3.09. The average Bonchev–Trinajstić information content (AvgIpc) is 3.14. The summed E-state index contributed by atoms with van der Waals surface area (Å²) < 4.78 is 27.0. The normalized spacial score (nSPS) is 10.5. The Balaban J connectivity index is 1.79. The molecule has 3 rings (SSSR count). The Labute approximate surface area is 145 Å². The summed E-state index contributed by atoms with van der Waals surface area (Å²) in [5.74, 6) is 0.927. The van der Waals surface area contributed by atoms with Gasteiger partial charge in [0, 0.05) is 11.1 Å². The van der Waals surface area contributed by atoms with Crippen molar-refractivity contribution >= 4 is 0 Å². The fourth-order valence-electron chi connectivity index (χ4n) is 2.36. The molecular formula is C18H19FN4O2. The number of benzene rings is 2. The fourth-order valence-corrected chi connectivity index (χ4v) is 2.36. The molecule has 3 aromatic rings. The van der Waals surface area contributed by atoms with E-state index in [0.29, 0.717) is 30.2 Å². The standard InChI is InChI=1S/C18H19FN4O2/c1-2-24-17-9-5-7-14(10-22-23-12-20-21-13-23)18(17)25-11-15-6-3-4-8-16(15)19/h3-9,12-13,22H,2,10-11H2,1H3. The van der Waals surface area contributed by atoms with Gasteiger partial charge in [0.05, 0.1) is 13.2 Å². The molecule has 1 heterocycles. The summed E-state index contributed by atoms with van der Waals surface area (Å²) in [6.07, 6.45) is 3.12. The lowest BCUT2D eigenvalue weighted by molar-refractivity contribution is 0.263. The number of nitrogens with one attached hydrogen (secondary N) is 1. The van der Waals surface area contributed by atoms with Crippen LogP contribution in [0.3, 0.4) is 0 Å². The Morgan fingerprint density at radius 2 is 1.76 bits per heavy atom. The van der Waals surface area contributed by atoms with Crippen LogP contribution in [0.5, 0.6) is 11.5 Å². The monoisotopic (exact) mass is 342 g/mol. The highest BCUT2D eigenvalue weighted by Crippen LogP contribution is 2.32.